The first-order valence-electron chi connectivity index (χ1n) is 15.9. The number of amides is 3. The maximum atomic E-state index is 15.0. The third-order valence-electron chi connectivity index (χ3n) is 9.92. The van der Waals surface area contributed by atoms with Crippen molar-refractivity contribution >= 4 is 35.2 Å². The molecule has 0 saturated carbocycles. The molecule has 3 aromatic carbocycles. The number of anilines is 1. The molecule has 46 heavy (non-hydrogen) atoms. The lowest BCUT2D eigenvalue weighted by Crippen LogP contribution is -2.58. The van der Waals surface area contributed by atoms with E-state index in [9.17, 15) is 14.7 Å². The molecule has 7 atom stereocenters. The Hall–Kier alpha value is -4.14. The highest BCUT2D eigenvalue weighted by atomic mass is 32.2. The van der Waals surface area contributed by atoms with Crippen LogP contribution in [0.25, 0.3) is 0 Å². The molecular formula is C38H41N3O4S. The summed E-state index contributed by atoms with van der Waals surface area (Å²) in [5.41, 5.74) is 2.46. The molecule has 238 valence electrons. The second kappa shape index (κ2) is 13.3. The standard InChI is InChI=1S/C38H41N3O4S/c1-4-21-39(24-27-15-9-6-10-16-27)37(45)34-38-26(3)23-31(46-38)32(35(43)40(22-5-2)29-19-13-8-14-20-29)33(38)36(44)41(34)30(25-42)28-17-11-7-12-18-28/h4-20,26,30-34,42H,1-2,21-25H2,3H3/t26?,30-,31-,32+,33+,34?,38?/m1/s1. The Morgan fingerprint density at radius 2 is 1.57 bits per heavy atom. The first-order valence-corrected chi connectivity index (χ1v) is 16.8. The number of aliphatic hydroxyl groups is 1. The first-order chi connectivity index (χ1) is 22.4. The van der Waals surface area contributed by atoms with E-state index in [-0.39, 0.29) is 35.5 Å². The van der Waals surface area contributed by atoms with Gasteiger partial charge in [-0.15, -0.1) is 24.9 Å². The van der Waals surface area contributed by atoms with Crippen LogP contribution < -0.4 is 4.90 Å². The minimum absolute atomic E-state index is 0.0125. The molecule has 3 aliphatic heterocycles. The third-order valence-corrected chi connectivity index (χ3v) is 12.0. The summed E-state index contributed by atoms with van der Waals surface area (Å²) in [5, 5.41) is 10.8. The number of likely N-dealkylation sites (tertiary alicyclic amines) is 1. The molecule has 3 aliphatic rings. The number of para-hydroxylation sites is 1. The van der Waals surface area contributed by atoms with Crippen molar-refractivity contribution in [3.8, 4) is 0 Å². The second-order valence-electron chi connectivity index (χ2n) is 12.5. The second-order valence-corrected chi connectivity index (χ2v) is 14.0. The molecule has 6 rings (SSSR count). The zero-order valence-electron chi connectivity index (χ0n) is 26.2. The van der Waals surface area contributed by atoms with Crippen molar-refractivity contribution in [1.82, 2.24) is 9.80 Å². The predicted molar refractivity (Wildman–Crippen MR) is 183 cm³/mol. The Kier molecular flexibility index (Phi) is 9.20. The van der Waals surface area contributed by atoms with Crippen molar-refractivity contribution in [2.75, 3.05) is 24.6 Å². The molecule has 0 aliphatic carbocycles. The van der Waals surface area contributed by atoms with Crippen LogP contribution in [0, 0.1) is 17.8 Å². The minimum atomic E-state index is -0.876. The fourth-order valence-electron chi connectivity index (χ4n) is 7.99. The topological polar surface area (TPSA) is 81.2 Å². The average Bonchev–Trinajstić information content (AvgIpc) is 3.68. The molecule has 7 nitrogen and oxygen atoms in total. The smallest absolute Gasteiger partial charge is 0.247 e. The van der Waals surface area contributed by atoms with Gasteiger partial charge >= 0.3 is 0 Å². The van der Waals surface area contributed by atoms with Gasteiger partial charge in [0.25, 0.3) is 0 Å². The van der Waals surface area contributed by atoms with Crippen LogP contribution in [-0.2, 0) is 20.9 Å². The largest absolute Gasteiger partial charge is 0.394 e. The molecule has 1 spiro atoms. The van der Waals surface area contributed by atoms with Crippen molar-refractivity contribution in [2.45, 2.75) is 42.0 Å². The molecule has 0 aromatic heterocycles. The third kappa shape index (κ3) is 5.27. The highest BCUT2D eigenvalue weighted by Gasteiger charge is 2.77. The Labute approximate surface area is 275 Å². The van der Waals surface area contributed by atoms with Crippen LogP contribution in [0.15, 0.2) is 116 Å². The summed E-state index contributed by atoms with van der Waals surface area (Å²) < 4.78 is -0.839. The molecule has 3 aromatic rings. The van der Waals surface area contributed by atoms with E-state index in [1.54, 1.807) is 38.6 Å². The summed E-state index contributed by atoms with van der Waals surface area (Å²) in [5.74, 6) is -1.91. The van der Waals surface area contributed by atoms with Crippen LogP contribution in [0.1, 0.15) is 30.5 Å². The van der Waals surface area contributed by atoms with Crippen LogP contribution in [0.3, 0.4) is 0 Å². The lowest BCUT2D eigenvalue weighted by molar-refractivity contribution is -0.146. The fraction of sp³-hybridized carbons (Fsp3) is 0.342. The van der Waals surface area contributed by atoms with Crippen LogP contribution >= 0.6 is 11.8 Å². The molecule has 3 fully saturated rings. The van der Waals surface area contributed by atoms with Gasteiger partial charge in [0.15, 0.2) is 0 Å². The summed E-state index contributed by atoms with van der Waals surface area (Å²) in [7, 11) is 0. The van der Waals surface area contributed by atoms with Crippen molar-refractivity contribution in [3.63, 3.8) is 0 Å². The highest BCUT2D eigenvalue weighted by Crippen LogP contribution is 2.69. The van der Waals surface area contributed by atoms with Gasteiger partial charge in [-0.25, -0.2) is 0 Å². The number of nitrogens with zero attached hydrogens (tertiary/aromatic N) is 3. The van der Waals surface area contributed by atoms with Gasteiger partial charge in [0.2, 0.25) is 17.7 Å². The van der Waals surface area contributed by atoms with Crippen LogP contribution in [-0.4, -0.2) is 68.4 Å². The number of carbonyl (C=O) groups is 3. The van der Waals surface area contributed by atoms with Crippen molar-refractivity contribution in [1.29, 1.82) is 0 Å². The normalized spacial score (nSPS) is 26.8. The van der Waals surface area contributed by atoms with E-state index in [0.717, 1.165) is 16.8 Å². The van der Waals surface area contributed by atoms with Crippen LogP contribution in [0.5, 0.6) is 0 Å². The van der Waals surface area contributed by atoms with Crippen molar-refractivity contribution in [3.05, 3.63) is 127 Å². The minimum Gasteiger partial charge on any atom is -0.394 e. The fourth-order valence-corrected chi connectivity index (χ4v) is 10.4. The van der Waals surface area contributed by atoms with Gasteiger partial charge in [-0.1, -0.05) is 97.9 Å². The molecule has 3 unspecified atom stereocenters. The molecule has 8 heteroatoms. The molecule has 0 radical (unpaired) electrons. The zero-order chi connectivity index (χ0) is 32.4. The van der Waals surface area contributed by atoms with E-state index < -0.39 is 28.7 Å². The predicted octanol–water partition coefficient (Wildman–Crippen LogP) is 5.49. The van der Waals surface area contributed by atoms with Gasteiger partial charge < -0.3 is 19.8 Å². The van der Waals surface area contributed by atoms with Gasteiger partial charge in [-0.3, -0.25) is 14.4 Å². The van der Waals surface area contributed by atoms with Crippen LogP contribution in [0.4, 0.5) is 5.69 Å². The molecule has 3 amide bonds. The monoisotopic (exact) mass is 635 g/mol. The molecule has 1 N–H and O–H groups in total. The summed E-state index contributed by atoms with van der Waals surface area (Å²) in [6, 6.07) is 27.0. The number of rotatable bonds is 12. The zero-order valence-corrected chi connectivity index (χ0v) is 27.0. The highest BCUT2D eigenvalue weighted by molar-refractivity contribution is 8.02. The van der Waals surface area contributed by atoms with Crippen molar-refractivity contribution < 1.29 is 19.5 Å². The molecule has 2 bridgehead atoms. The van der Waals surface area contributed by atoms with Gasteiger partial charge in [0, 0.05) is 30.6 Å². The number of carbonyl (C=O) groups excluding carboxylic acids is 3. The van der Waals surface area contributed by atoms with Gasteiger partial charge in [-0.05, 0) is 35.6 Å². The molecular weight excluding hydrogens is 595 g/mol. The van der Waals surface area contributed by atoms with Gasteiger partial charge in [0.05, 0.1) is 29.2 Å². The number of hydrogen-bond acceptors (Lipinski definition) is 5. The number of hydrogen-bond donors (Lipinski definition) is 1. The summed E-state index contributed by atoms with van der Waals surface area (Å²) >= 11 is 1.64. The Morgan fingerprint density at radius 1 is 0.957 bits per heavy atom. The molecule has 3 saturated heterocycles. The lowest BCUT2D eigenvalue weighted by atomic mass is 9.65. The average molecular weight is 636 g/mol. The molecule has 3 heterocycles. The number of aliphatic hydroxyl groups excluding tert-OH is 1. The Bertz CT molecular complexity index is 1590. The Balaban J connectivity index is 1.47. The van der Waals surface area contributed by atoms with E-state index in [0.29, 0.717) is 26.1 Å². The van der Waals surface area contributed by atoms with E-state index in [2.05, 4.69) is 20.1 Å². The maximum Gasteiger partial charge on any atom is 0.247 e. The van der Waals surface area contributed by atoms with Crippen molar-refractivity contribution in [2.24, 2.45) is 17.8 Å². The number of fused-ring (bicyclic) bond motifs is 1. The summed E-state index contributed by atoms with van der Waals surface area (Å²) in [6.45, 7) is 10.6. The SMILES string of the molecule is C=CCN(Cc1ccccc1)C(=O)C1N([C@H](CO)c2ccccc2)C(=O)[C@@H]2[C@@H](C(=O)N(CC=C)c3ccccc3)[C@H]3CC(C)C12S3. The maximum absolute atomic E-state index is 15.0. The summed E-state index contributed by atoms with van der Waals surface area (Å²) in [6.07, 6.45) is 4.13. The van der Waals surface area contributed by atoms with E-state index in [4.69, 9.17) is 0 Å². The van der Waals surface area contributed by atoms with Crippen LogP contribution in [0.2, 0.25) is 0 Å². The summed E-state index contributed by atoms with van der Waals surface area (Å²) in [4.78, 5) is 49.8. The van der Waals surface area contributed by atoms with Gasteiger partial charge in [-0.2, -0.15) is 0 Å². The van der Waals surface area contributed by atoms with E-state index in [1.165, 1.54) is 0 Å². The number of thioether (sulfide) groups is 1. The number of benzene rings is 3. The van der Waals surface area contributed by atoms with Gasteiger partial charge in [0.1, 0.15) is 6.04 Å². The lowest BCUT2D eigenvalue weighted by Gasteiger charge is -2.42. The van der Waals surface area contributed by atoms with E-state index >= 15 is 4.79 Å². The first kappa shape index (κ1) is 31.8. The Morgan fingerprint density at radius 3 is 2.17 bits per heavy atom. The quantitative estimate of drug-likeness (QED) is 0.266. The van der Waals surface area contributed by atoms with E-state index in [1.807, 2.05) is 91.0 Å².